The molecule has 2 unspecified atom stereocenters. The van der Waals surface area contributed by atoms with Crippen LogP contribution in [0.4, 0.5) is 0 Å². The zero-order valence-corrected chi connectivity index (χ0v) is 12.6. The van der Waals surface area contributed by atoms with Crippen molar-refractivity contribution in [1.82, 2.24) is 5.32 Å². The first-order valence-electron chi connectivity index (χ1n) is 7.19. The molecule has 1 aliphatic carbocycles. The van der Waals surface area contributed by atoms with E-state index in [-0.39, 0.29) is 12.5 Å². The molecule has 1 amide bonds. The summed E-state index contributed by atoms with van der Waals surface area (Å²) in [6.07, 6.45) is 4.24. The lowest BCUT2D eigenvalue weighted by Gasteiger charge is -2.39. The standard InChI is InChI=1S/C16H22ClNO2/c1-12-4-3-7-16(10-12,11-19)18-15(20)9-13-5-2-6-14(17)8-13/h2,5-6,8,12,19H,3-4,7,9-11H2,1H3,(H,18,20). The van der Waals surface area contributed by atoms with Crippen LogP contribution in [-0.2, 0) is 11.2 Å². The second kappa shape index (κ2) is 6.59. The molecule has 2 rings (SSSR count). The molecule has 1 saturated carbocycles. The molecule has 2 N–H and O–H groups in total. The highest BCUT2D eigenvalue weighted by atomic mass is 35.5. The van der Waals surface area contributed by atoms with Gasteiger partial charge in [-0.2, -0.15) is 0 Å². The van der Waals surface area contributed by atoms with Crippen LogP contribution < -0.4 is 5.32 Å². The Labute approximate surface area is 125 Å². The fraction of sp³-hybridized carbons (Fsp3) is 0.562. The van der Waals surface area contributed by atoms with Crippen molar-refractivity contribution in [2.45, 2.75) is 44.6 Å². The number of aliphatic hydroxyl groups excluding tert-OH is 1. The molecular formula is C16H22ClNO2. The molecule has 2 atom stereocenters. The van der Waals surface area contributed by atoms with Gasteiger partial charge in [-0.3, -0.25) is 4.79 Å². The van der Waals surface area contributed by atoms with E-state index < -0.39 is 5.54 Å². The molecule has 0 heterocycles. The first kappa shape index (κ1) is 15.3. The highest BCUT2D eigenvalue weighted by molar-refractivity contribution is 6.30. The molecule has 3 nitrogen and oxygen atoms in total. The zero-order valence-electron chi connectivity index (χ0n) is 11.9. The van der Waals surface area contributed by atoms with Gasteiger partial charge < -0.3 is 10.4 Å². The maximum atomic E-state index is 12.2. The maximum absolute atomic E-state index is 12.2. The van der Waals surface area contributed by atoms with Crippen LogP contribution in [0.3, 0.4) is 0 Å². The third-order valence-corrected chi connectivity index (χ3v) is 4.29. The predicted molar refractivity (Wildman–Crippen MR) is 80.7 cm³/mol. The number of carbonyl (C=O) groups excluding carboxylic acids is 1. The van der Waals surface area contributed by atoms with Gasteiger partial charge in [0.05, 0.1) is 18.6 Å². The summed E-state index contributed by atoms with van der Waals surface area (Å²) in [6, 6.07) is 7.33. The van der Waals surface area contributed by atoms with E-state index in [2.05, 4.69) is 12.2 Å². The molecule has 20 heavy (non-hydrogen) atoms. The Hall–Kier alpha value is -1.06. The van der Waals surface area contributed by atoms with E-state index in [0.29, 0.717) is 17.4 Å². The van der Waals surface area contributed by atoms with Crippen molar-refractivity contribution in [2.24, 2.45) is 5.92 Å². The van der Waals surface area contributed by atoms with Gasteiger partial charge in [-0.15, -0.1) is 0 Å². The van der Waals surface area contributed by atoms with Gasteiger partial charge in [-0.05, 0) is 36.5 Å². The summed E-state index contributed by atoms with van der Waals surface area (Å²) in [5, 5.41) is 13.4. The third-order valence-electron chi connectivity index (χ3n) is 4.05. The molecule has 1 fully saturated rings. The molecule has 0 aliphatic heterocycles. The molecule has 1 aromatic carbocycles. The smallest absolute Gasteiger partial charge is 0.224 e. The van der Waals surface area contributed by atoms with Crippen molar-refractivity contribution >= 4 is 17.5 Å². The van der Waals surface area contributed by atoms with Crippen molar-refractivity contribution in [3.8, 4) is 0 Å². The van der Waals surface area contributed by atoms with E-state index in [4.69, 9.17) is 11.6 Å². The van der Waals surface area contributed by atoms with Crippen LogP contribution in [0.1, 0.15) is 38.2 Å². The van der Waals surface area contributed by atoms with Crippen molar-refractivity contribution in [3.05, 3.63) is 34.9 Å². The lowest BCUT2D eigenvalue weighted by molar-refractivity contribution is -0.123. The highest BCUT2D eigenvalue weighted by Crippen LogP contribution is 2.32. The van der Waals surface area contributed by atoms with Crippen LogP contribution in [0, 0.1) is 5.92 Å². The molecule has 0 spiro atoms. The summed E-state index contributed by atoms with van der Waals surface area (Å²) < 4.78 is 0. The topological polar surface area (TPSA) is 49.3 Å². The third kappa shape index (κ3) is 3.97. The number of benzene rings is 1. The average molecular weight is 296 g/mol. The fourth-order valence-corrected chi connectivity index (χ4v) is 3.34. The Bertz CT molecular complexity index is 477. The molecule has 0 bridgehead atoms. The molecule has 0 radical (unpaired) electrons. The Balaban J connectivity index is 1.99. The van der Waals surface area contributed by atoms with Gasteiger partial charge in [-0.1, -0.05) is 43.5 Å². The molecule has 0 saturated heterocycles. The second-order valence-corrected chi connectivity index (χ2v) is 6.43. The van der Waals surface area contributed by atoms with Crippen LogP contribution in [0.2, 0.25) is 5.02 Å². The number of nitrogens with one attached hydrogen (secondary N) is 1. The normalized spacial score (nSPS) is 26.2. The Morgan fingerprint density at radius 3 is 3.00 bits per heavy atom. The number of hydrogen-bond donors (Lipinski definition) is 2. The van der Waals surface area contributed by atoms with Gasteiger partial charge in [0.25, 0.3) is 0 Å². The largest absolute Gasteiger partial charge is 0.394 e. The minimum absolute atomic E-state index is 0.0125. The van der Waals surface area contributed by atoms with Crippen LogP contribution in [0.15, 0.2) is 24.3 Å². The van der Waals surface area contributed by atoms with Gasteiger partial charge in [-0.25, -0.2) is 0 Å². The molecule has 1 aliphatic rings. The highest BCUT2D eigenvalue weighted by Gasteiger charge is 2.35. The number of halogens is 1. The zero-order chi connectivity index (χ0) is 14.6. The number of carbonyl (C=O) groups is 1. The number of aliphatic hydroxyl groups is 1. The minimum atomic E-state index is -0.437. The van der Waals surface area contributed by atoms with E-state index in [1.165, 1.54) is 6.42 Å². The molecule has 0 aromatic heterocycles. The van der Waals surface area contributed by atoms with E-state index in [0.717, 1.165) is 24.8 Å². The van der Waals surface area contributed by atoms with Gasteiger partial charge in [0, 0.05) is 5.02 Å². The average Bonchev–Trinajstić information content (AvgIpc) is 2.38. The summed E-state index contributed by atoms with van der Waals surface area (Å²) in [6.45, 7) is 2.19. The van der Waals surface area contributed by atoms with Crippen LogP contribution in [-0.4, -0.2) is 23.2 Å². The Kier molecular flexibility index (Phi) is 5.06. The first-order valence-corrected chi connectivity index (χ1v) is 7.57. The van der Waals surface area contributed by atoms with Crippen LogP contribution >= 0.6 is 11.6 Å². The molecule has 1 aromatic rings. The summed E-state index contributed by atoms with van der Waals surface area (Å²) in [5.74, 6) is 0.498. The first-order chi connectivity index (χ1) is 9.53. The summed E-state index contributed by atoms with van der Waals surface area (Å²) >= 11 is 5.92. The molecule has 110 valence electrons. The van der Waals surface area contributed by atoms with Crippen LogP contribution in [0.25, 0.3) is 0 Å². The van der Waals surface area contributed by atoms with Crippen molar-refractivity contribution in [1.29, 1.82) is 0 Å². The number of hydrogen-bond acceptors (Lipinski definition) is 2. The van der Waals surface area contributed by atoms with Gasteiger partial charge >= 0.3 is 0 Å². The lowest BCUT2D eigenvalue weighted by Crippen LogP contribution is -2.54. The number of rotatable bonds is 4. The quantitative estimate of drug-likeness (QED) is 0.897. The minimum Gasteiger partial charge on any atom is -0.394 e. The van der Waals surface area contributed by atoms with Crippen molar-refractivity contribution in [2.75, 3.05) is 6.61 Å². The van der Waals surface area contributed by atoms with Crippen LogP contribution in [0.5, 0.6) is 0 Å². The van der Waals surface area contributed by atoms with E-state index in [1.807, 2.05) is 12.1 Å². The summed E-state index contributed by atoms with van der Waals surface area (Å²) in [4.78, 5) is 12.2. The fourth-order valence-electron chi connectivity index (χ4n) is 3.13. The Morgan fingerprint density at radius 1 is 1.55 bits per heavy atom. The van der Waals surface area contributed by atoms with Gasteiger partial charge in [0.2, 0.25) is 5.91 Å². The van der Waals surface area contributed by atoms with E-state index in [1.54, 1.807) is 12.1 Å². The van der Waals surface area contributed by atoms with Crippen molar-refractivity contribution < 1.29 is 9.90 Å². The summed E-state index contributed by atoms with van der Waals surface area (Å²) in [7, 11) is 0. The molecular weight excluding hydrogens is 274 g/mol. The van der Waals surface area contributed by atoms with E-state index >= 15 is 0 Å². The maximum Gasteiger partial charge on any atom is 0.224 e. The SMILES string of the molecule is CC1CCCC(CO)(NC(=O)Cc2cccc(Cl)c2)C1. The second-order valence-electron chi connectivity index (χ2n) is 5.99. The van der Waals surface area contributed by atoms with Crippen molar-refractivity contribution in [3.63, 3.8) is 0 Å². The summed E-state index contributed by atoms with van der Waals surface area (Å²) in [5.41, 5.74) is 0.458. The Morgan fingerprint density at radius 2 is 2.35 bits per heavy atom. The molecule has 4 heteroatoms. The lowest BCUT2D eigenvalue weighted by atomic mass is 9.76. The van der Waals surface area contributed by atoms with Gasteiger partial charge in [0.15, 0.2) is 0 Å². The number of amides is 1. The predicted octanol–water partition coefficient (Wildman–Crippen LogP) is 2.94. The monoisotopic (exact) mass is 295 g/mol. The van der Waals surface area contributed by atoms with Gasteiger partial charge in [0.1, 0.15) is 0 Å². The van der Waals surface area contributed by atoms with E-state index in [9.17, 15) is 9.90 Å².